The minimum atomic E-state index is -1.77. The largest absolute Gasteiger partial charge is 0.458 e. The summed E-state index contributed by atoms with van der Waals surface area (Å²) < 4.78 is 30.3. The van der Waals surface area contributed by atoms with Crippen molar-refractivity contribution in [2.75, 3.05) is 6.54 Å². The maximum absolute atomic E-state index is 14.5. The number of nitrogens with one attached hydrogen (secondary N) is 3. The van der Waals surface area contributed by atoms with Crippen LogP contribution in [-0.2, 0) is 30.4 Å². The standard InChI is InChI=1S/C29H46FN3O7/c1-27(2,3)39-24(35)22(18-29(7,8)30)32-23(34)21(33-26(37)40-28(4,5)6)16-12-13-17-31-25(36)38-19-20-14-10-9-11-15-20/h9-11,14-15,21-22H,12-13,16-19H2,1-8H3,(H,31,36)(H,32,34)(H,33,37)/t21-,22-/m0/s1. The van der Waals surface area contributed by atoms with Crippen molar-refractivity contribution in [3.05, 3.63) is 35.9 Å². The fourth-order valence-electron chi connectivity index (χ4n) is 3.48. The van der Waals surface area contributed by atoms with Crippen LogP contribution in [0.5, 0.6) is 0 Å². The highest BCUT2D eigenvalue weighted by Gasteiger charge is 2.34. The van der Waals surface area contributed by atoms with Crippen molar-refractivity contribution in [3.63, 3.8) is 0 Å². The van der Waals surface area contributed by atoms with Gasteiger partial charge < -0.3 is 30.2 Å². The Morgan fingerprint density at radius 2 is 1.40 bits per heavy atom. The van der Waals surface area contributed by atoms with E-state index in [4.69, 9.17) is 14.2 Å². The van der Waals surface area contributed by atoms with E-state index in [9.17, 15) is 23.6 Å². The predicted octanol–water partition coefficient (Wildman–Crippen LogP) is 4.94. The molecule has 0 bridgehead atoms. The van der Waals surface area contributed by atoms with Gasteiger partial charge in [-0.25, -0.2) is 18.8 Å². The lowest BCUT2D eigenvalue weighted by Gasteiger charge is -2.29. The Hall–Kier alpha value is -3.37. The number of benzene rings is 1. The number of esters is 1. The molecule has 0 heterocycles. The summed E-state index contributed by atoms with van der Waals surface area (Å²) in [6.07, 6.45) is -0.617. The minimum absolute atomic E-state index is 0.142. The summed E-state index contributed by atoms with van der Waals surface area (Å²) in [5.74, 6) is -1.46. The number of alkyl carbamates (subject to hydrolysis) is 2. The van der Waals surface area contributed by atoms with Gasteiger partial charge in [0.1, 0.15) is 35.6 Å². The van der Waals surface area contributed by atoms with Gasteiger partial charge in [0.15, 0.2) is 0 Å². The van der Waals surface area contributed by atoms with Crippen LogP contribution in [-0.4, -0.2) is 59.6 Å². The molecule has 0 aliphatic rings. The predicted molar refractivity (Wildman–Crippen MR) is 149 cm³/mol. The zero-order valence-corrected chi connectivity index (χ0v) is 25.0. The molecule has 2 atom stereocenters. The molecule has 0 spiro atoms. The molecule has 0 aliphatic carbocycles. The lowest BCUT2D eigenvalue weighted by atomic mass is 9.99. The van der Waals surface area contributed by atoms with Gasteiger partial charge in [-0.1, -0.05) is 30.3 Å². The quantitative estimate of drug-likeness (QED) is 0.175. The number of carbonyl (C=O) groups excluding carboxylic acids is 4. The first-order chi connectivity index (χ1) is 18.3. The number of rotatable bonds is 13. The average molecular weight is 568 g/mol. The number of hydrogen-bond acceptors (Lipinski definition) is 7. The SMILES string of the molecule is CC(C)(F)C[C@H](NC(=O)[C@H](CCCCNC(=O)OCc1ccccc1)NC(=O)OC(C)(C)C)C(=O)OC(C)(C)C. The maximum Gasteiger partial charge on any atom is 0.408 e. The summed E-state index contributed by atoms with van der Waals surface area (Å²) in [6, 6.07) is 6.92. The van der Waals surface area contributed by atoms with E-state index in [1.165, 1.54) is 13.8 Å². The number of ether oxygens (including phenoxy) is 3. The molecule has 0 aromatic heterocycles. The van der Waals surface area contributed by atoms with Crippen molar-refractivity contribution in [1.82, 2.24) is 16.0 Å². The summed E-state index contributed by atoms with van der Waals surface area (Å²) in [6.45, 7) is 13.1. The van der Waals surface area contributed by atoms with Gasteiger partial charge in [0.25, 0.3) is 0 Å². The topological polar surface area (TPSA) is 132 Å². The molecule has 3 N–H and O–H groups in total. The number of alkyl halides is 1. The Labute approximate surface area is 237 Å². The summed E-state index contributed by atoms with van der Waals surface area (Å²) in [7, 11) is 0. The number of carbonyl (C=O) groups is 4. The summed E-state index contributed by atoms with van der Waals surface area (Å²) in [4.78, 5) is 50.3. The van der Waals surface area contributed by atoms with Gasteiger partial charge >= 0.3 is 18.2 Å². The fourth-order valence-corrected chi connectivity index (χ4v) is 3.48. The molecule has 0 fully saturated rings. The first-order valence-electron chi connectivity index (χ1n) is 13.5. The summed E-state index contributed by atoms with van der Waals surface area (Å²) in [5, 5.41) is 7.72. The minimum Gasteiger partial charge on any atom is -0.458 e. The third-order valence-corrected chi connectivity index (χ3v) is 5.11. The highest BCUT2D eigenvalue weighted by atomic mass is 19.1. The molecular weight excluding hydrogens is 521 g/mol. The molecule has 10 nitrogen and oxygen atoms in total. The third-order valence-electron chi connectivity index (χ3n) is 5.11. The molecule has 1 rings (SSSR count). The van der Waals surface area contributed by atoms with E-state index in [-0.39, 0.29) is 26.0 Å². The van der Waals surface area contributed by atoms with Gasteiger partial charge in [-0.15, -0.1) is 0 Å². The van der Waals surface area contributed by atoms with E-state index in [0.717, 1.165) is 5.56 Å². The average Bonchev–Trinajstić information content (AvgIpc) is 2.78. The van der Waals surface area contributed by atoms with Crippen molar-refractivity contribution in [3.8, 4) is 0 Å². The molecule has 226 valence electrons. The van der Waals surface area contributed by atoms with Crippen LogP contribution in [0, 0.1) is 0 Å². The fraction of sp³-hybridized carbons (Fsp3) is 0.655. The van der Waals surface area contributed by atoms with Crippen LogP contribution in [0.25, 0.3) is 0 Å². The van der Waals surface area contributed by atoms with Gasteiger partial charge in [0.05, 0.1) is 0 Å². The Balaban J connectivity index is 2.77. The van der Waals surface area contributed by atoms with E-state index in [2.05, 4.69) is 16.0 Å². The molecule has 1 aromatic carbocycles. The van der Waals surface area contributed by atoms with E-state index >= 15 is 0 Å². The summed E-state index contributed by atoms with van der Waals surface area (Å²) >= 11 is 0. The number of halogens is 1. The van der Waals surface area contributed by atoms with Crippen molar-refractivity contribution < 1.29 is 37.8 Å². The maximum atomic E-state index is 14.5. The second-order valence-electron chi connectivity index (χ2n) is 12.2. The van der Waals surface area contributed by atoms with E-state index in [1.807, 2.05) is 30.3 Å². The van der Waals surface area contributed by atoms with Gasteiger partial charge in [0.2, 0.25) is 5.91 Å². The van der Waals surface area contributed by atoms with Crippen LogP contribution < -0.4 is 16.0 Å². The molecule has 40 heavy (non-hydrogen) atoms. The van der Waals surface area contributed by atoms with E-state index in [1.54, 1.807) is 41.5 Å². The molecule has 3 amide bonds. The van der Waals surface area contributed by atoms with Crippen molar-refractivity contribution in [2.45, 2.75) is 117 Å². The van der Waals surface area contributed by atoms with Crippen LogP contribution in [0.2, 0.25) is 0 Å². The zero-order valence-electron chi connectivity index (χ0n) is 25.0. The number of unbranched alkanes of at least 4 members (excludes halogenated alkanes) is 1. The van der Waals surface area contributed by atoms with Gasteiger partial charge in [-0.05, 0) is 80.2 Å². The van der Waals surface area contributed by atoms with Crippen molar-refractivity contribution in [1.29, 1.82) is 0 Å². The summed E-state index contributed by atoms with van der Waals surface area (Å²) in [5.41, 5.74) is -2.55. The second-order valence-corrected chi connectivity index (χ2v) is 12.2. The van der Waals surface area contributed by atoms with Gasteiger partial charge in [0, 0.05) is 13.0 Å². The Bertz CT molecular complexity index is 967. The van der Waals surface area contributed by atoms with Crippen LogP contribution >= 0.6 is 0 Å². The van der Waals surface area contributed by atoms with Crippen molar-refractivity contribution in [2.24, 2.45) is 0 Å². The van der Waals surface area contributed by atoms with E-state index < -0.39 is 53.0 Å². The van der Waals surface area contributed by atoms with Crippen molar-refractivity contribution >= 4 is 24.1 Å². The smallest absolute Gasteiger partial charge is 0.408 e. The molecule has 0 saturated carbocycles. The number of hydrogen-bond donors (Lipinski definition) is 3. The second kappa shape index (κ2) is 15.4. The molecule has 0 unspecified atom stereocenters. The molecular formula is C29H46FN3O7. The Kier molecular flexibility index (Phi) is 13.4. The first kappa shape index (κ1) is 34.7. The normalized spacial score (nSPS) is 13.4. The lowest BCUT2D eigenvalue weighted by molar-refractivity contribution is -0.159. The zero-order chi connectivity index (χ0) is 30.6. The Morgan fingerprint density at radius 3 is 1.95 bits per heavy atom. The molecule has 11 heteroatoms. The molecule has 0 saturated heterocycles. The van der Waals surface area contributed by atoms with Crippen LogP contribution in [0.3, 0.4) is 0 Å². The van der Waals surface area contributed by atoms with E-state index in [0.29, 0.717) is 12.8 Å². The van der Waals surface area contributed by atoms with Crippen LogP contribution in [0.4, 0.5) is 14.0 Å². The highest BCUT2D eigenvalue weighted by molar-refractivity contribution is 5.89. The number of amides is 3. The molecule has 0 radical (unpaired) electrons. The third kappa shape index (κ3) is 16.6. The Morgan fingerprint density at radius 1 is 0.800 bits per heavy atom. The van der Waals surface area contributed by atoms with Gasteiger partial charge in [-0.3, -0.25) is 4.79 Å². The lowest BCUT2D eigenvalue weighted by Crippen LogP contribution is -2.54. The van der Waals surface area contributed by atoms with Crippen LogP contribution in [0.1, 0.15) is 86.6 Å². The monoisotopic (exact) mass is 567 g/mol. The first-order valence-corrected chi connectivity index (χ1v) is 13.5. The van der Waals surface area contributed by atoms with Crippen LogP contribution in [0.15, 0.2) is 30.3 Å². The van der Waals surface area contributed by atoms with Gasteiger partial charge in [-0.2, -0.15) is 0 Å². The highest BCUT2D eigenvalue weighted by Crippen LogP contribution is 2.19. The molecule has 1 aromatic rings. The molecule has 0 aliphatic heterocycles.